The lowest BCUT2D eigenvalue weighted by Gasteiger charge is -2.31. The summed E-state index contributed by atoms with van der Waals surface area (Å²) in [5.41, 5.74) is 0. The quantitative estimate of drug-likeness (QED) is 0.632. The van der Waals surface area contributed by atoms with Gasteiger partial charge in [-0.25, -0.2) is 0 Å². The minimum Gasteiger partial charge on any atom is -0.342 e. The molecular weight excluding hydrogens is 186 g/mol. The molecule has 2 nitrogen and oxygen atoms in total. The van der Waals surface area contributed by atoms with Crippen LogP contribution in [0.1, 0.15) is 39.0 Å². The number of hydrogen-bond donors (Lipinski definition) is 0. The van der Waals surface area contributed by atoms with Crippen LogP contribution in [0.15, 0.2) is 0 Å². The summed E-state index contributed by atoms with van der Waals surface area (Å²) in [6, 6.07) is 0.433. The molecule has 13 heavy (non-hydrogen) atoms. The number of carbonyl (C=O) groups is 1. The van der Waals surface area contributed by atoms with Gasteiger partial charge in [0.05, 0.1) is 0 Å². The van der Waals surface area contributed by atoms with E-state index in [0.717, 1.165) is 12.8 Å². The fraction of sp³-hybridized carbons (Fsp3) is 0.900. The van der Waals surface area contributed by atoms with Gasteiger partial charge < -0.3 is 4.90 Å². The van der Waals surface area contributed by atoms with Gasteiger partial charge in [0.1, 0.15) is 5.38 Å². The lowest BCUT2D eigenvalue weighted by molar-refractivity contribution is -0.131. The first-order valence-corrected chi connectivity index (χ1v) is 5.47. The topological polar surface area (TPSA) is 20.3 Å². The highest BCUT2D eigenvalue weighted by atomic mass is 35.5. The van der Waals surface area contributed by atoms with Gasteiger partial charge in [-0.3, -0.25) is 4.79 Å². The van der Waals surface area contributed by atoms with Gasteiger partial charge >= 0.3 is 0 Å². The van der Waals surface area contributed by atoms with Crippen molar-refractivity contribution >= 4 is 17.5 Å². The maximum absolute atomic E-state index is 11.5. The molecule has 0 saturated heterocycles. The number of nitrogens with zero attached hydrogens (tertiary/aromatic N) is 1. The molecule has 3 heteroatoms. The van der Waals surface area contributed by atoms with E-state index in [-0.39, 0.29) is 11.3 Å². The minimum absolute atomic E-state index is 0.0635. The number of rotatable bonds is 2. The molecule has 0 heterocycles. The highest BCUT2D eigenvalue weighted by Crippen LogP contribution is 2.22. The zero-order valence-electron chi connectivity index (χ0n) is 8.42. The Kier molecular flexibility index (Phi) is 4.04. The molecule has 1 amide bonds. The summed E-state index contributed by atoms with van der Waals surface area (Å²) in [5.74, 6) is 0.0635. The Labute approximate surface area is 85.2 Å². The first kappa shape index (κ1) is 10.8. The Morgan fingerprint density at radius 1 is 1.38 bits per heavy atom. The molecule has 0 radical (unpaired) electrons. The molecular formula is C10H18ClNO. The standard InChI is InChI=1S/C10H18ClNO/c1-8(11)10(13)12(2)9-6-4-3-5-7-9/h8-9H,3-7H2,1-2H3/t8-/m1/s1. The number of carbonyl (C=O) groups excluding carboxylic acids is 1. The summed E-state index contributed by atoms with van der Waals surface area (Å²) >= 11 is 5.75. The maximum atomic E-state index is 11.5. The van der Waals surface area contributed by atoms with Crippen molar-refractivity contribution < 1.29 is 4.79 Å². The number of halogens is 1. The molecule has 1 saturated carbocycles. The van der Waals surface area contributed by atoms with E-state index in [9.17, 15) is 4.79 Å². The molecule has 76 valence electrons. The monoisotopic (exact) mass is 203 g/mol. The van der Waals surface area contributed by atoms with Crippen LogP contribution in [0.5, 0.6) is 0 Å². The summed E-state index contributed by atoms with van der Waals surface area (Å²) in [7, 11) is 1.87. The van der Waals surface area contributed by atoms with E-state index in [1.54, 1.807) is 6.92 Å². The van der Waals surface area contributed by atoms with Gasteiger partial charge in [-0.1, -0.05) is 19.3 Å². The molecule has 0 spiro atoms. The Bertz CT molecular complexity index is 176. The molecule has 0 aromatic carbocycles. The largest absolute Gasteiger partial charge is 0.342 e. The van der Waals surface area contributed by atoms with Gasteiger partial charge in [0.2, 0.25) is 5.91 Å². The molecule has 0 bridgehead atoms. The SMILES string of the molecule is C[C@@H](Cl)C(=O)N(C)C1CCCCC1. The summed E-state index contributed by atoms with van der Waals surface area (Å²) < 4.78 is 0. The molecule has 0 aromatic heterocycles. The van der Waals surface area contributed by atoms with E-state index >= 15 is 0 Å². The van der Waals surface area contributed by atoms with Crippen LogP contribution in [-0.2, 0) is 4.79 Å². The van der Waals surface area contributed by atoms with E-state index < -0.39 is 0 Å². The van der Waals surface area contributed by atoms with Crippen LogP contribution in [0.4, 0.5) is 0 Å². The lowest BCUT2D eigenvalue weighted by atomic mass is 9.94. The summed E-state index contributed by atoms with van der Waals surface area (Å²) in [5, 5.41) is -0.382. The van der Waals surface area contributed by atoms with Crippen LogP contribution in [0, 0.1) is 0 Å². The van der Waals surface area contributed by atoms with E-state index in [0.29, 0.717) is 6.04 Å². The minimum atomic E-state index is -0.382. The van der Waals surface area contributed by atoms with Crippen molar-refractivity contribution in [1.82, 2.24) is 4.90 Å². The van der Waals surface area contributed by atoms with E-state index in [1.165, 1.54) is 19.3 Å². The fourth-order valence-electron chi connectivity index (χ4n) is 1.93. The fourth-order valence-corrected chi connectivity index (χ4v) is 2.08. The van der Waals surface area contributed by atoms with Crippen LogP contribution < -0.4 is 0 Å². The second-order valence-corrected chi connectivity index (χ2v) is 4.51. The average molecular weight is 204 g/mol. The van der Waals surface area contributed by atoms with E-state index in [4.69, 9.17) is 11.6 Å². The van der Waals surface area contributed by atoms with Crippen LogP contribution >= 0.6 is 11.6 Å². The second-order valence-electron chi connectivity index (χ2n) is 3.86. The van der Waals surface area contributed by atoms with Crippen molar-refractivity contribution in [1.29, 1.82) is 0 Å². The first-order valence-electron chi connectivity index (χ1n) is 5.03. The van der Waals surface area contributed by atoms with Crippen molar-refractivity contribution in [2.45, 2.75) is 50.4 Å². The van der Waals surface area contributed by atoms with Crippen LogP contribution in [0.3, 0.4) is 0 Å². The van der Waals surface area contributed by atoms with Gasteiger partial charge in [0, 0.05) is 13.1 Å². The third-order valence-corrected chi connectivity index (χ3v) is 3.00. The predicted octanol–water partition coefficient (Wildman–Crippen LogP) is 2.40. The van der Waals surface area contributed by atoms with Crippen LogP contribution in [0.2, 0.25) is 0 Å². The molecule has 1 aliphatic rings. The molecule has 1 rings (SSSR count). The smallest absolute Gasteiger partial charge is 0.240 e. The van der Waals surface area contributed by atoms with Gasteiger partial charge in [-0.05, 0) is 19.8 Å². The van der Waals surface area contributed by atoms with Gasteiger partial charge in [-0.15, -0.1) is 11.6 Å². The Balaban J connectivity index is 2.45. The Morgan fingerprint density at radius 3 is 2.38 bits per heavy atom. The Morgan fingerprint density at radius 2 is 1.92 bits per heavy atom. The van der Waals surface area contributed by atoms with Crippen LogP contribution in [0.25, 0.3) is 0 Å². The Hall–Kier alpha value is -0.240. The second kappa shape index (κ2) is 4.85. The molecule has 0 unspecified atom stereocenters. The molecule has 0 aromatic rings. The van der Waals surface area contributed by atoms with Crippen molar-refractivity contribution in [3.05, 3.63) is 0 Å². The summed E-state index contributed by atoms with van der Waals surface area (Å²) in [6.07, 6.45) is 6.10. The molecule has 1 fully saturated rings. The highest BCUT2D eigenvalue weighted by molar-refractivity contribution is 6.30. The summed E-state index contributed by atoms with van der Waals surface area (Å²) in [4.78, 5) is 13.4. The van der Waals surface area contributed by atoms with E-state index in [1.807, 2.05) is 11.9 Å². The number of amides is 1. The van der Waals surface area contributed by atoms with Crippen molar-refractivity contribution in [3.63, 3.8) is 0 Å². The molecule has 0 aliphatic heterocycles. The third kappa shape index (κ3) is 2.87. The molecule has 0 N–H and O–H groups in total. The number of hydrogen-bond acceptors (Lipinski definition) is 1. The van der Waals surface area contributed by atoms with Crippen molar-refractivity contribution in [3.8, 4) is 0 Å². The predicted molar refractivity (Wildman–Crippen MR) is 55.0 cm³/mol. The van der Waals surface area contributed by atoms with E-state index in [2.05, 4.69) is 0 Å². The lowest BCUT2D eigenvalue weighted by Crippen LogP contribution is -2.41. The van der Waals surface area contributed by atoms with Crippen molar-refractivity contribution in [2.75, 3.05) is 7.05 Å². The third-order valence-electron chi connectivity index (χ3n) is 2.81. The van der Waals surface area contributed by atoms with Gasteiger partial charge in [0.15, 0.2) is 0 Å². The molecule has 1 aliphatic carbocycles. The summed E-state index contributed by atoms with van der Waals surface area (Å²) in [6.45, 7) is 1.74. The highest BCUT2D eigenvalue weighted by Gasteiger charge is 2.24. The first-order chi connectivity index (χ1) is 6.13. The van der Waals surface area contributed by atoms with Gasteiger partial charge in [-0.2, -0.15) is 0 Å². The van der Waals surface area contributed by atoms with Crippen LogP contribution in [-0.4, -0.2) is 29.3 Å². The normalized spacial score (nSPS) is 21.2. The maximum Gasteiger partial charge on any atom is 0.240 e. The molecule has 1 atom stereocenters. The van der Waals surface area contributed by atoms with Gasteiger partial charge in [0.25, 0.3) is 0 Å². The zero-order chi connectivity index (χ0) is 9.84. The van der Waals surface area contributed by atoms with Crippen molar-refractivity contribution in [2.24, 2.45) is 0 Å². The zero-order valence-corrected chi connectivity index (χ0v) is 9.18. The number of alkyl halides is 1. The average Bonchev–Trinajstić information content (AvgIpc) is 2.17.